The predicted octanol–water partition coefficient (Wildman–Crippen LogP) is 1.30. The van der Waals surface area contributed by atoms with E-state index >= 15 is 0 Å². The van der Waals surface area contributed by atoms with E-state index in [9.17, 15) is 4.79 Å². The Morgan fingerprint density at radius 1 is 1.29 bits per heavy atom. The topological polar surface area (TPSA) is 53.6 Å². The normalized spacial score (nSPS) is 31.2. The summed E-state index contributed by atoms with van der Waals surface area (Å²) >= 11 is 0. The van der Waals surface area contributed by atoms with Gasteiger partial charge < -0.3 is 9.64 Å². The molecule has 1 saturated heterocycles. The van der Waals surface area contributed by atoms with Crippen molar-refractivity contribution >= 4 is 11.6 Å². The molecule has 4 rings (SSSR count). The van der Waals surface area contributed by atoms with Crippen molar-refractivity contribution in [3.8, 4) is 5.75 Å². The van der Waals surface area contributed by atoms with Crippen LogP contribution in [-0.2, 0) is 4.79 Å². The van der Waals surface area contributed by atoms with Crippen molar-refractivity contribution in [2.45, 2.75) is 25.3 Å². The summed E-state index contributed by atoms with van der Waals surface area (Å²) in [6.07, 6.45) is 3.34. The zero-order valence-electron chi connectivity index (χ0n) is 12.0. The highest BCUT2D eigenvalue weighted by Gasteiger charge is 2.42. The van der Waals surface area contributed by atoms with Crippen LogP contribution in [0.4, 0.5) is 5.69 Å². The maximum absolute atomic E-state index is 13.1. The van der Waals surface area contributed by atoms with Gasteiger partial charge in [0.25, 0.3) is 0 Å². The number of hydrogen-bond acceptors (Lipinski definition) is 4. The van der Waals surface area contributed by atoms with Crippen LogP contribution in [0.1, 0.15) is 19.3 Å². The third-order valence-corrected chi connectivity index (χ3v) is 4.98. The van der Waals surface area contributed by atoms with Crippen molar-refractivity contribution < 1.29 is 9.53 Å². The van der Waals surface area contributed by atoms with Gasteiger partial charge in [0, 0.05) is 12.6 Å². The van der Waals surface area contributed by atoms with Crippen molar-refractivity contribution in [3.63, 3.8) is 0 Å². The van der Waals surface area contributed by atoms with Gasteiger partial charge in [-0.05, 0) is 30.9 Å². The number of hydrazine groups is 1. The Morgan fingerprint density at radius 3 is 3.14 bits per heavy atom. The molecule has 0 spiro atoms. The Morgan fingerprint density at radius 2 is 2.19 bits per heavy atom. The Labute approximate surface area is 124 Å². The summed E-state index contributed by atoms with van der Waals surface area (Å²) < 4.78 is 5.66. The third-order valence-electron chi connectivity index (χ3n) is 4.98. The fourth-order valence-electron chi connectivity index (χ4n) is 3.92. The van der Waals surface area contributed by atoms with Gasteiger partial charge in [-0.3, -0.25) is 15.6 Å². The number of ether oxygens (including phenoxy) is 1. The standard InChI is InChI=1S/C16H21N3O2/c20-16(12-5-3-4-11-10-17-18-15(11)12)19-8-9-21-14-7-2-1-6-13(14)19/h1-2,6-7,11-12,15,17-18H,3-5,8-10H2. The number of nitrogens with zero attached hydrogens (tertiary/aromatic N) is 1. The van der Waals surface area contributed by atoms with Crippen LogP contribution >= 0.6 is 0 Å². The minimum Gasteiger partial charge on any atom is -0.490 e. The summed E-state index contributed by atoms with van der Waals surface area (Å²) in [7, 11) is 0. The summed E-state index contributed by atoms with van der Waals surface area (Å²) in [6, 6.07) is 8.11. The molecule has 2 fully saturated rings. The van der Waals surface area contributed by atoms with E-state index < -0.39 is 0 Å². The molecule has 0 aromatic heterocycles. The second-order valence-electron chi connectivity index (χ2n) is 6.15. The van der Waals surface area contributed by atoms with Gasteiger partial charge in [0.1, 0.15) is 12.4 Å². The first-order valence-electron chi connectivity index (χ1n) is 7.86. The Kier molecular flexibility index (Phi) is 3.31. The minimum absolute atomic E-state index is 0.0740. The second-order valence-corrected chi connectivity index (χ2v) is 6.15. The van der Waals surface area contributed by atoms with E-state index in [2.05, 4.69) is 10.9 Å². The van der Waals surface area contributed by atoms with Crippen molar-refractivity contribution in [1.82, 2.24) is 10.9 Å². The highest BCUT2D eigenvalue weighted by atomic mass is 16.5. The number of para-hydroxylation sites is 2. The number of rotatable bonds is 1. The number of amides is 1. The molecule has 1 amide bonds. The molecule has 1 aromatic carbocycles. The van der Waals surface area contributed by atoms with E-state index in [1.54, 1.807) is 0 Å². The number of nitrogens with one attached hydrogen (secondary N) is 2. The molecular formula is C16H21N3O2. The average Bonchev–Trinajstić information content (AvgIpc) is 3.02. The molecule has 2 aliphatic heterocycles. The molecule has 5 heteroatoms. The fraction of sp³-hybridized carbons (Fsp3) is 0.562. The summed E-state index contributed by atoms with van der Waals surface area (Å²) in [5.41, 5.74) is 7.47. The number of anilines is 1. The van der Waals surface area contributed by atoms with Gasteiger partial charge in [0.05, 0.1) is 18.2 Å². The molecule has 3 unspecified atom stereocenters. The number of hydrogen-bond donors (Lipinski definition) is 2. The highest BCUT2D eigenvalue weighted by molar-refractivity contribution is 5.97. The molecule has 0 radical (unpaired) electrons. The zero-order valence-corrected chi connectivity index (χ0v) is 12.0. The number of carbonyl (C=O) groups excluding carboxylic acids is 1. The van der Waals surface area contributed by atoms with Crippen LogP contribution in [0.2, 0.25) is 0 Å². The largest absolute Gasteiger partial charge is 0.490 e. The van der Waals surface area contributed by atoms with E-state index in [0.717, 1.165) is 30.8 Å². The van der Waals surface area contributed by atoms with E-state index in [1.165, 1.54) is 6.42 Å². The first-order chi connectivity index (χ1) is 10.3. The van der Waals surface area contributed by atoms with Crippen LogP contribution in [0.5, 0.6) is 5.75 Å². The molecule has 1 aliphatic carbocycles. The van der Waals surface area contributed by atoms with Crippen LogP contribution in [-0.4, -0.2) is 31.6 Å². The van der Waals surface area contributed by atoms with Crippen molar-refractivity contribution in [3.05, 3.63) is 24.3 Å². The Bertz CT molecular complexity index is 548. The molecule has 21 heavy (non-hydrogen) atoms. The van der Waals surface area contributed by atoms with Crippen LogP contribution in [0.15, 0.2) is 24.3 Å². The first kappa shape index (κ1) is 13.1. The highest BCUT2D eigenvalue weighted by Crippen LogP contribution is 2.36. The third kappa shape index (κ3) is 2.21. The molecule has 5 nitrogen and oxygen atoms in total. The van der Waals surface area contributed by atoms with Crippen molar-refractivity contribution in [2.75, 3.05) is 24.6 Å². The monoisotopic (exact) mass is 287 g/mol. The zero-order chi connectivity index (χ0) is 14.2. The van der Waals surface area contributed by atoms with Crippen LogP contribution in [0.25, 0.3) is 0 Å². The molecule has 1 aromatic rings. The van der Waals surface area contributed by atoms with Crippen molar-refractivity contribution in [1.29, 1.82) is 0 Å². The minimum atomic E-state index is 0.0740. The van der Waals surface area contributed by atoms with E-state index in [0.29, 0.717) is 19.1 Å². The SMILES string of the molecule is O=C(C1CCCC2CNNC21)N1CCOc2ccccc21. The molecule has 3 atom stereocenters. The maximum Gasteiger partial charge on any atom is 0.231 e. The lowest BCUT2D eigenvalue weighted by molar-refractivity contribution is -0.124. The van der Waals surface area contributed by atoms with Crippen LogP contribution in [0.3, 0.4) is 0 Å². The second kappa shape index (κ2) is 5.31. The number of fused-ring (bicyclic) bond motifs is 2. The van der Waals surface area contributed by atoms with Crippen LogP contribution < -0.4 is 20.5 Å². The molecule has 2 N–H and O–H groups in total. The summed E-state index contributed by atoms with van der Waals surface area (Å²) in [6.45, 7) is 2.21. The van der Waals surface area contributed by atoms with Crippen molar-refractivity contribution in [2.24, 2.45) is 11.8 Å². The molecule has 3 aliphatic rings. The Balaban J connectivity index is 1.60. The number of benzene rings is 1. The average molecular weight is 287 g/mol. The van der Waals surface area contributed by atoms with Gasteiger partial charge in [-0.1, -0.05) is 18.6 Å². The van der Waals surface area contributed by atoms with Crippen LogP contribution in [0, 0.1) is 11.8 Å². The summed E-state index contributed by atoms with van der Waals surface area (Å²) in [4.78, 5) is 15.0. The van der Waals surface area contributed by atoms with E-state index in [1.807, 2.05) is 29.2 Å². The first-order valence-corrected chi connectivity index (χ1v) is 7.86. The lowest BCUT2D eigenvalue weighted by atomic mass is 9.77. The van der Waals surface area contributed by atoms with Gasteiger partial charge in [-0.25, -0.2) is 0 Å². The lowest BCUT2D eigenvalue weighted by Crippen LogP contribution is -2.50. The van der Waals surface area contributed by atoms with E-state index in [4.69, 9.17) is 4.74 Å². The fourth-order valence-corrected chi connectivity index (χ4v) is 3.92. The summed E-state index contributed by atoms with van der Waals surface area (Å²) in [5, 5.41) is 0. The molecule has 0 bridgehead atoms. The molecule has 1 saturated carbocycles. The smallest absolute Gasteiger partial charge is 0.231 e. The van der Waals surface area contributed by atoms with Gasteiger partial charge >= 0.3 is 0 Å². The van der Waals surface area contributed by atoms with Gasteiger partial charge in [-0.2, -0.15) is 0 Å². The lowest BCUT2D eigenvalue weighted by Gasteiger charge is -2.37. The van der Waals surface area contributed by atoms with Gasteiger partial charge in [-0.15, -0.1) is 0 Å². The molecular weight excluding hydrogens is 266 g/mol. The Hall–Kier alpha value is -1.59. The number of carbonyl (C=O) groups is 1. The molecule has 112 valence electrons. The van der Waals surface area contributed by atoms with Gasteiger partial charge in [0.15, 0.2) is 0 Å². The van der Waals surface area contributed by atoms with Gasteiger partial charge in [0.2, 0.25) is 5.91 Å². The quantitative estimate of drug-likeness (QED) is 0.817. The maximum atomic E-state index is 13.1. The summed E-state index contributed by atoms with van der Waals surface area (Å²) in [5.74, 6) is 1.73. The molecule has 2 heterocycles. The van der Waals surface area contributed by atoms with E-state index in [-0.39, 0.29) is 17.9 Å². The predicted molar refractivity (Wildman–Crippen MR) is 80.0 cm³/mol.